The molecule has 3 nitrogen and oxygen atoms in total. The van der Waals surface area contributed by atoms with Gasteiger partial charge in [-0.15, -0.1) is 0 Å². The zero-order valence-electron chi connectivity index (χ0n) is 10.6. The molecule has 0 fully saturated rings. The number of nitrogens with one attached hydrogen (secondary N) is 1. The number of nitrogens with two attached hydrogens (primary N) is 1. The lowest BCUT2D eigenvalue weighted by molar-refractivity contribution is 0.100. The van der Waals surface area contributed by atoms with Gasteiger partial charge in [0.2, 0.25) is 5.91 Å². The third kappa shape index (κ3) is 3.45. The van der Waals surface area contributed by atoms with Crippen LogP contribution in [0.25, 0.3) is 5.57 Å². The topological polar surface area (TPSA) is 55.1 Å². The van der Waals surface area contributed by atoms with Gasteiger partial charge in [-0.05, 0) is 29.3 Å². The number of amides is 1. The summed E-state index contributed by atoms with van der Waals surface area (Å²) >= 11 is 0. The van der Waals surface area contributed by atoms with Gasteiger partial charge in [0.25, 0.3) is 0 Å². The van der Waals surface area contributed by atoms with Crippen molar-refractivity contribution in [3.05, 3.63) is 72.3 Å². The minimum Gasteiger partial charge on any atom is -0.381 e. The van der Waals surface area contributed by atoms with E-state index in [-0.39, 0.29) is 0 Å². The number of benzene rings is 2. The minimum absolute atomic E-state index is 0.425. The Labute approximate surface area is 112 Å². The smallest absolute Gasteiger partial charge is 0.248 e. The lowest BCUT2D eigenvalue weighted by atomic mass is 10.1. The summed E-state index contributed by atoms with van der Waals surface area (Å²) in [7, 11) is 0. The highest BCUT2D eigenvalue weighted by Gasteiger charge is 2.02. The van der Waals surface area contributed by atoms with Crippen LogP contribution in [0.2, 0.25) is 0 Å². The summed E-state index contributed by atoms with van der Waals surface area (Å²) in [5.74, 6) is -0.425. The van der Waals surface area contributed by atoms with Crippen molar-refractivity contribution in [2.45, 2.75) is 0 Å². The van der Waals surface area contributed by atoms with Crippen molar-refractivity contribution < 1.29 is 4.79 Å². The molecule has 0 aliphatic carbocycles. The van der Waals surface area contributed by atoms with E-state index in [4.69, 9.17) is 5.73 Å². The van der Waals surface area contributed by atoms with E-state index >= 15 is 0 Å². The van der Waals surface area contributed by atoms with Crippen LogP contribution in [-0.2, 0) is 0 Å². The number of carbonyl (C=O) groups is 1. The highest BCUT2D eigenvalue weighted by atomic mass is 16.1. The van der Waals surface area contributed by atoms with E-state index in [1.807, 2.05) is 36.4 Å². The highest BCUT2D eigenvalue weighted by molar-refractivity contribution is 5.93. The Morgan fingerprint density at radius 1 is 1.05 bits per heavy atom. The number of hydrogen-bond donors (Lipinski definition) is 2. The summed E-state index contributed by atoms with van der Waals surface area (Å²) in [5.41, 5.74) is 8.69. The SMILES string of the molecule is C=C(CNc1cccc(C(N)=O)c1)c1ccccc1. The summed E-state index contributed by atoms with van der Waals surface area (Å²) in [4.78, 5) is 11.1. The van der Waals surface area contributed by atoms with E-state index in [1.165, 1.54) is 0 Å². The summed E-state index contributed by atoms with van der Waals surface area (Å²) in [5, 5.41) is 3.23. The van der Waals surface area contributed by atoms with Crippen LogP contribution in [0, 0.1) is 0 Å². The van der Waals surface area contributed by atoms with Crippen LogP contribution < -0.4 is 11.1 Å². The van der Waals surface area contributed by atoms with E-state index < -0.39 is 5.91 Å². The third-order valence-corrected chi connectivity index (χ3v) is 2.84. The summed E-state index contributed by atoms with van der Waals surface area (Å²) in [6.45, 7) is 4.66. The fourth-order valence-electron chi connectivity index (χ4n) is 1.77. The van der Waals surface area contributed by atoms with Gasteiger partial charge in [0.15, 0.2) is 0 Å². The van der Waals surface area contributed by atoms with Crippen molar-refractivity contribution in [2.24, 2.45) is 5.73 Å². The zero-order chi connectivity index (χ0) is 13.7. The van der Waals surface area contributed by atoms with Crippen molar-refractivity contribution in [3.8, 4) is 0 Å². The molecule has 2 aromatic carbocycles. The molecule has 0 saturated heterocycles. The minimum atomic E-state index is -0.425. The van der Waals surface area contributed by atoms with Gasteiger partial charge in [-0.1, -0.05) is 43.0 Å². The van der Waals surface area contributed by atoms with Crippen LogP contribution in [0.4, 0.5) is 5.69 Å². The third-order valence-electron chi connectivity index (χ3n) is 2.84. The molecule has 0 aromatic heterocycles. The molecular weight excluding hydrogens is 236 g/mol. The number of anilines is 1. The summed E-state index contributed by atoms with van der Waals surface area (Å²) in [6.07, 6.45) is 0. The molecule has 0 aliphatic rings. The molecule has 2 rings (SSSR count). The van der Waals surface area contributed by atoms with Crippen molar-refractivity contribution in [1.82, 2.24) is 0 Å². The predicted molar refractivity (Wildman–Crippen MR) is 78.9 cm³/mol. The van der Waals surface area contributed by atoms with E-state index in [0.717, 1.165) is 16.8 Å². The average Bonchev–Trinajstić information content (AvgIpc) is 2.46. The molecule has 0 spiro atoms. The van der Waals surface area contributed by atoms with Crippen LogP contribution in [-0.4, -0.2) is 12.5 Å². The van der Waals surface area contributed by atoms with E-state index in [9.17, 15) is 4.79 Å². The van der Waals surface area contributed by atoms with Gasteiger partial charge in [0, 0.05) is 17.8 Å². The zero-order valence-corrected chi connectivity index (χ0v) is 10.6. The molecule has 0 heterocycles. The molecule has 0 aliphatic heterocycles. The highest BCUT2D eigenvalue weighted by Crippen LogP contribution is 2.15. The Hall–Kier alpha value is -2.55. The molecular formula is C16H16N2O. The monoisotopic (exact) mass is 252 g/mol. The summed E-state index contributed by atoms with van der Waals surface area (Å²) < 4.78 is 0. The van der Waals surface area contributed by atoms with Gasteiger partial charge in [0.1, 0.15) is 0 Å². The average molecular weight is 252 g/mol. The Bertz CT molecular complexity index is 591. The Kier molecular flexibility index (Phi) is 3.98. The first kappa shape index (κ1) is 12.9. The molecule has 2 aromatic rings. The first-order valence-corrected chi connectivity index (χ1v) is 6.04. The van der Waals surface area contributed by atoms with Gasteiger partial charge >= 0.3 is 0 Å². The lowest BCUT2D eigenvalue weighted by Crippen LogP contribution is -2.11. The molecule has 19 heavy (non-hydrogen) atoms. The maximum atomic E-state index is 11.1. The number of primary amides is 1. The van der Waals surface area contributed by atoms with Crippen LogP contribution in [0.3, 0.4) is 0 Å². The molecule has 0 atom stereocenters. The van der Waals surface area contributed by atoms with Crippen molar-refractivity contribution in [2.75, 3.05) is 11.9 Å². The second-order valence-corrected chi connectivity index (χ2v) is 4.27. The predicted octanol–water partition coefficient (Wildman–Crippen LogP) is 2.91. The van der Waals surface area contributed by atoms with Gasteiger partial charge in [-0.3, -0.25) is 4.79 Å². The van der Waals surface area contributed by atoms with Crippen molar-refractivity contribution in [1.29, 1.82) is 0 Å². The van der Waals surface area contributed by atoms with Crippen LogP contribution in [0.5, 0.6) is 0 Å². The van der Waals surface area contributed by atoms with Crippen LogP contribution in [0.1, 0.15) is 15.9 Å². The number of hydrogen-bond acceptors (Lipinski definition) is 2. The molecule has 1 amide bonds. The maximum absolute atomic E-state index is 11.1. The molecule has 3 heteroatoms. The van der Waals surface area contributed by atoms with E-state index in [2.05, 4.69) is 11.9 Å². The first-order valence-electron chi connectivity index (χ1n) is 6.04. The quantitative estimate of drug-likeness (QED) is 0.859. The molecule has 96 valence electrons. The number of rotatable bonds is 5. The first-order chi connectivity index (χ1) is 9.16. The maximum Gasteiger partial charge on any atom is 0.248 e. The van der Waals surface area contributed by atoms with Crippen LogP contribution >= 0.6 is 0 Å². The Morgan fingerprint density at radius 3 is 2.42 bits per heavy atom. The summed E-state index contributed by atoms with van der Waals surface area (Å²) in [6, 6.07) is 17.1. The van der Waals surface area contributed by atoms with E-state index in [0.29, 0.717) is 12.1 Å². The second-order valence-electron chi connectivity index (χ2n) is 4.27. The fourth-order valence-corrected chi connectivity index (χ4v) is 1.77. The Balaban J connectivity index is 2.01. The van der Waals surface area contributed by atoms with Gasteiger partial charge < -0.3 is 11.1 Å². The molecule has 3 N–H and O–H groups in total. The van der Waals surface area contributed by atoms with Crippen LogP contribution in [0.15, 0.2) is 61.2 Å². The normalized spacial score (nSPS) is 9.89. The molecule has 0 radical (unpaired) electrons. The van der Waals surface area contributed by atoms with Crippen molar-refractivity contribution in [3.63, 3.8) is 0 Å². The molecule has 0 saturated carbocycles. The van der Waals surface area contributed by atoms with Gasteiger partial charge in [-0.25, -0.2) is 0 Å². The second kappa shape index (κ2) is 5.87. The Morgan fingerprint density at radius 2 is 1.74 bits per heavy atom. The fraction of sp³-hybridized carbons (Fsp3) is 0.0625. The van der Waals surface area contributed by atoms with E-state index in [1.54, 1.807) is 18.2 Å². The van der Waals surface area contributed by atoms with Gasteiger partial charge in [-0.2, -0.15) is 0 Å². The standard InChI is InChI=1S/C16H16N2O/c1-12(13-6-3-2-4-7-13)11-18-15-9-5-8-14(10-15)16(17)19/h2-10,18H,1,11H2,(H2,17,19). The number of carbonyl (C=O) groups excluding carboxylic acids is 1. The largest absolute Gasteiger partial charge is 0.381 e. The lowest BCUT2D eigenvalue weighted by Gasteiger charge is -2.10. The van der Waals surface area contributed by atoms with Crippen molar-refractivity contribution >= 4 is 17.2 Å². The van der Waals surface area contributed by atoms with Gasteiger partial charge in [0.05, 0.1) is 0 Å². The molecule has 0 bridgehead atoms. The molecule has 0 unspecified atom stereocenters.